The van der Waals surface area contributed by atoms with Crippen LogP contribution in [0.15, 0.2) is 16.6 Å². The predicted molar refractivity (Wildman–Crippen MR) is 65.4 cm³/mol. The molecule has 1 N–H and O–H groups in total. The van der Waals surface area contributed by atoms with Gasteiger partial charge >= 0.3 is 0 Å². The van der Waals surface area contributed by atoms with Gasteiger partial charge in [0.15, 0.2) is 11.5 Å². The Bertz CT molecular complexity index is 439. The van der Waals surface area contributed by atoms with Gasteiger partial charge in [-0.25, -0.2) is 0 Å². The highest BCUT2D eigenvalue weighted by Crippen LogP contribution is 2.39. The van der Waals surface area contributed by atoms with Crippen molar-refractivity contribution in [3.63, 3.8) is 0 Å². The highest BCUT2D eigenvalue weighted by Gasteiger charge is 2.17. The van der Waals surface area contributed by atoms with E-state index in [4.69, 9.17) is 15.9 Å². The molecule has 84 valence electrons. The molecule has 16 heavy (non-hydrogen) atoms. The quantitative estimate of drug-likeness (QED) is 0.863. The van der Waals surface area contributed by atoms with Crippen LogP contribution >= 0.6 is 15.9 Å². The molecule has 1 aromatic rings. The minimum absolute atomic E-state index is 0.0594. The van der Waals surface area contributed by atoms with Gasteiger partial charge in [0.25, 0.3) is 0 Å². The second-order valence-electron chi connectivity index (χ2n) is 3.58. The monoisotopic (exact) mass is 281 g/mol. The summed E-state index contributed by atoms with van der Waals surface area (Å²) in [4.78, 5) is 0. The summed E-state index contributed by atoms with van der Waals surface area (Å²) in [7, 11) is 0. The van der Waals surface area contributed by atoms with E-state index in [1.165, 1.54) is 0 Å². The normalized spacial score (nSPS) is 14.6. The van der Waals surface area contributed by atoms with E-state index in [9.17, 15) is 0 Å². The van der Waals surface area contributed by atoms with Crippen molar-refractivity contribution in [3.05, 3.63) is 22.2 Å². The van der Waals surface area contributed by atoms with E-state index in [1.54, 1.807) is 0 Å². The molecule has 0 aliphatic carbocycles. The standard InChI is InChI=1S/C12H12BrNO2/c1-3-8(2)14-6-9-4-10(13)12-11(5-9)15-7-16-12/h1,4-5,8,14H,6-7H2,2H3. The van der Waals surface area contributed by atoms with Crippen LogP contribution in [-0.4, -0.2) is 12.8 Å². The number of terminal acetylenes is 1. The number of nitrogens with one attached hydrogen (secondary N) is 1. The second-order valence-corrected chi connectivity index (χ2v) is 4.44. The van der Waals surface area contributed by atoms with Gasteiger partial charge in [0, 0.05) is 6.54 Å². The number of fused-ring (bicyclic) bond motifs is 1. The molecule has 1 heterocycles. The predicted octanol–water partition coefficient (Wildman–Crippen LogP) is 2.29. The second kappa shape index (κ2) is 4.77. The Kier molecular flexibility index (Phi) is 3.37. The zero-order chi connectivity index (χ0) is 11.5. The van der Waals surface area contributed by atoms with Crippen LogP contribution < -0.4 is 14.8 Å². The van der Waals surface area contributed by atoms with Gasteiger partial charge in [-0.15, -0.1) is 6.42 Å². The van der Waals surface area contributed by atoms with E-state index < -0.39 is 0 Å². The molecule has 3 nitrogen and oxygen atoms in total. The van der Waals surface area contributed by atoms with Gasteiger partial charge in [-0.3, -0.25) is 5.32 Å². The average Bonchev–Trinajstić information content (AvgIpc) is 2.74. The number of rotatable bonds is 3. The maximum absolute atomic E-state index is 5.33. The highest BCUT2D eigenvalue weighted by molar-refractivity contribution is 9.10. The van der Waals surface area contributed by atoms with Crippen LogP contribution in [0.3, 0.4) is 0 Å². The van der Waals surface area contributed by atoms with Crippen LogP contribution in [-0.2, 0) is 6.54 Å². The summed E-state index contributed by atoms with van der Waals surface area (Å²) in [6.45, 7) is 2.94. The first kappa shape index (κ1) is 11.3. The fourth-order valence-corrected chi connectivity index (χ4v) is 2.06. The summed E-state index contributed by atoms with van der Waals surface area (Å²) in [5, 5.41) is 3.21. The summed E-state index contributed by atoms with van der Waals surface area (Å²) in [6.07, 6.45) is 5.29. The molecule has 1 aliphatic heterocycles. The Balaban J connectivity index is 2.12. The molecule has 0 radical (unpaired) electrons. The van der Waals surface area contributed by atoms with Gasteiger partial charge < -0.3 is 9.47 Å². The first-order chi connectivity index (χ1) is 7.70. The highest BCUT2D eigenvalue weighted by atomic mass is 79.9. The lowest BCUT2D eigenvalue weighted by atomic mass is 10.2. The van der Waals surface area contributed by atoms with E-state index in [2.05, 4.69) is 27.2 Å². The van der Waals surface area contributed by atoms with Crippen molar-refractivity contribution in [1.29, 1.82) is 0 Å². The molecule has 4 heteroatoms. The largest absolute Gasteiger partial charge is 0.454 e. The first-order valence-electron chi connectivity index (χ1n) is 4.98. The number of hydrogen-bond acceptors (Lipinski definition) is 3. The van der Waals surface area contributed by atoms with E-state index in [1.807, 2.05) is 19.1 Å². The van der Waals surface area contributed by atoms with Crippen LogP contribution in [0.25, 0.3) is 0 Å². The molecular formula is C12H12BrNO2. The summed E-state index contributed by atoms with van der Waals surface area (Å²) >= 11 is 3.45. The Morgan fingerprint density at radius 1 is 1.56 bits per heavy atom. The van der Waals surface area contributed by atoms with Crippen molar-refractivity contribution in [1.82, 2.24) is 5.32 Å². The number of hydrogen-bond donors (Lipinski definition) is 1. The molecule has 2 rings (SSSR count). The van der Waals surface area contributed by atoms with Gasteiger partial charge in [0.05, 0.1) is 10.5 Å². The number of halogens is 1. The Hall–Kier alpha value is -1.18. The third-order valence-electron chi connectivity index (χ3n) is 2.35. The average molecular weight is 282 g/mol. The number of benzene rings is 1. The smallest absolute Gasteiger partial charge is 0.231 e. The van der Waals surface area contributed by atoms with Gasteiger partial charge in [0.1, 0.15) is 0 Å². The van der Waals surface area contributed by atoms with E-state index in [-0.39, 0.29) is 12.8 Å². The van der Waals surface area contributed by atoms with Crippen molar-refractivity contribution in [2.75, 3.05) is 6.79 Å². The van der Waals surface area contributed by atoms with Crippen LogP contribution in [0, 0.1) is 12.3 Å². The molecule has 0 fully saturated rings. The molecule has 0 aromatic heterocycles. The Morgan fingerprint density at radius 3 is 3.12 bits per heavy atom. The third-order valence-corrected chi connectivity index (χ3v) is 2.94. The van der Waals surface area contributed by atoms with Crippen molar-refractivity contribution < 1.29 is 9.47 Å². The van der Waals surface area contributed by atoms with Gasteiger partial charge in [-0.1, -0.05) is 5.92 Å². The molecule has 0 saturated carbocycles. The summed E-state index contributed by atoms with van der Waals surface area (Å²) in [6, 6.07) is 4.02. The molecule has 1 aromatic carbocycles. The van der Waals surface area contributed by atoms with Crippen molar-refractivity contribution >= 4 is 15.9 Å². The van der Waals surface area contributed by atoms with Crippen LogP contribution in [0.1, 0.15) is 12.5 Å². The minimum atomic E-state index is 0.0594. The minimum Gasteiger partial charge on any atom is -0.454 e. The lowest BCUT2D eigenvalue weighted by Crippen LogP contribution is -2.23. The summed E-state index contributed by atoms with van der Waals surface area (Å²) < 4.78 is 11.6. The Morgan fingerprint density at radius 2 is 2.38 bits per heavy atom. The first-order valence-corrected chi connectivity index (χ1v) is 5.77. The zero-order valence-corrected chi connectivity index (χ0v) is 10.5. The molecule has 1 aliphatic rings. The van der Waals surface area contributed by atoms with E-state index in [0.717, 1.165) is 21.5 Å². The lowest BCUT2D eigenvalue weighted by molar-refractivity contribution is 0.173. The van der Waals surface area contributed by atoms with Gasteiger partial charge in [-0.2, -0.15) is 0 Å². The van der Waals surface area contributed by atoms with Gasteiger partial charge in [-0.05, 0) is 40.5 Å². The maximum Gasteiger partial charge on any atom is 0.231 e. The third kappa shape index (κ3) is 2.31. The SMILES string of the molecule is C#CC(C)NCc1cc(Br)c2c(c1)OCO2. The molecular weight excluding hydrogens is 270 g/mol. The zero-order valence-electron chi connectivity index (χ0n) is 8.92. The van der Waals surface area contributed by atoms with Crippen LogP contribution in [0.2, 0.25) is 0 Å². The van der Waals surface area contributed by atoms with Crippen LogP contribution in [0.4, 0.5) is 0 Å². The van der Waals surface area contributed by atoms with Gasteiger partial charge in [0.2, 0.25) is 6.79 Å². The Labute approximate surface area is 103 Å². The molecule has 1 unspecified atom stereocenters. The fourth-order valence-electron chi connectivity index (χ4n) is 1.45. The van der Waals surface area contributed by atoms with E-state index in [0.29, 0.717) is 6.54 Å². The lowest BCUT2D eigenvalue weighted by Gasteiger charge is -2.09. The summed E-state index contributed by atoms with van der Waals surface area (Å²) in [5.74, 6) is 4.17. The van der Waals surface area contributed by atoms with Crippen molar-refractivity contribution in [3.8, 4) is 23.8 Å². The maximum atomic E-state index is 5.33. The summed E-state index contributed by atoms with van der Waals surface area (Å²) in [5.41, 5.74) is 1.11. The van der Waals surface area contributed by atoms with Crippen LogP contribution in [0.5, 0.6) is 11.5 Å². The molecule has 1 atom stereocenters. The molecule has 0 spiro atoms. The van der Waals surface area contributed by atoms with Crippen molar-refractivity contribution in [2.45, 2.75) is 19.5 Å². The van der Waals surface area contributed by atoms with E-state index >= 15 is 0 Å². The molecule has 0 bridgehead atoms. The fraction of sp³-hybridized carbons (Fsp3) is 0.333. The topological polar surface area (TPSA) is 30.5 Å². The molecule has 0 saturated heterocycles. The molecule has 0 amide bonds. The number of ether oxygens (including phenoxy) is 2. The van der Waals surface area contributed by atoms with Crippen molar-refractivity contribution in [2.24, 2.45) is 0 Å².